The van der Waals surface area contributed by atoms with E-state index in [9.17, 15) is 4.39 Å². The average molecular weight is 226 g/mol. The first-order chi connectivity index (χ1) is 7.68. The summed E-state index contributed by atoms with van der Waals surface area (Å²) in [6, 6.07) is 1.09. The molecule has 2 N–H and O–H groups in total. The Balaban J connectivity index is 2.21. The van der Waals surface area contributed by atoms with Gasteiger partial charge >= 0.3 is 7.12 Å². The first-order valence-electron chi connectivity index (χ1n) is 5.03. The molecule has 1 aromatic heterocycles. The SMILES string of the molecule is OB(O)c1cnc(N2CCOCC2)c(F)c1. The highest BCUT2D eigenvalue weighted by Crippen LogP contribution is 2.15. The van der Waals surface area contributed by atoms with Gasteiger partial charge in [-0.25, -0.2) is 9.37 Å². The monoisotopic (exact) mass is 226 g/mol. The van der Waals surface area contributed by atoms with E-state index >= 15 is 0 Å². The van der Waals surface area contributed by atoms with Gasteiger partial charge in [-0.3, -0.25) is 0 Å². The first kappa shape index (κ1) is 11.3. The summed E-state index contributed by atoms with van der Waals surface area (Å²) in [5, 5.41) is 17.7. The molecule has 0 spiro atoms. The van der Waals surface area contributed by atoms with Crippen molar-refractivity contribution in [3.05, 3.63) is 18.1 Å². The zero-order valence-corrected chi connectivity index (χ0v) is 8.64. The molecule has 0 radical (unpaired) electrons. The fourth-order valence-electron chi connectivity index (χ4n) is 1.59. The van der Waals surface area contributed by atoms with Crippen molar-refractivity contribution in [1.29, 1.82) is 0 Å². The Bertz CT molecular complexity index is 372. The molecule has 1 fully saturated rings. The number of morpholine rings is 1. The fraction of sp³-hybridized carbons (Fsp3) is 0.444. The molecule has 0 aliphatic carbocycles. The van der Waals surface area contributed by atoms with E-state index in [1.165, 1.54) is 6.20 Å². The Hall–Kier alpha value is -1.18. The standard InChI is InChI=1S/C9H12BFN2O3/c11-8-5-7(10(14)15)6-12-9(8)13-1-3-16-4-2-13/h5-6,14-15H,1-4H2. The number of hydrogen-bond acceptors (Lipinski definition) is 5. The topological polar surface area (TPSA) is 65.8 Å². The molecule has 1 aliphatic rings. The van der Waals surface area contributed by atoms with Crippen LogP contribution in [-0.4, -0.2) is 48.5 Å². The molecule has 0 amide bonds. The predicted octanol–water partition coefficient (Wildman–Crippen LogP) is -1.26. The molecule has 16 heavy (non-hydrogen) atoms. The van der Waals surface area contributed by atoms with Crippen LogP contribution in [0.3, 0.4) is 0 Å². The zero-order chi connectivity index (χ0) is 11.5. The summed E-state index contributed by atoms with van der Waals surface area (Å²) in [4.78, 5) is 5.67. The van der Waals surface area contributed by atoms with Crippen LogP contribution in [0.15, 0.2) is 12.3 Å². The third kappa shape index (κ3) is 2.32. The van der Waals surface area contributed by atoms with Crippen LogP contribution >= 0.6 is 0 Å². The summed E-state index contributed by atoms with van der Waals surface area (Å²) in [6.07, 6.45) is 1.26. The van der Waals surface area contributed by atoms with Crippen molar-refractivity contribution >= 4 is 18.4 Å². The van der Waals surface area contributed by atoms with Gasteiger partial charge in [-0.1, -0.05) is 0 Å². The minimum atomic E-state index is -1.69. The molecule has 0 atom stereocenters. The van der Waals surface area contributed by atoms with Gasteiger partial charge in [-0.2, -0.15) is 0 Å². The van der Waals surface area contributed by atoms with Gasteiger partial charge in [0.25, 0.3) is 0 Å². The van der Waals surface area contributed by atoms with Gasteiger partial charge in [0.15, 0.2) is 11.6 Å². The van der Waals surface area contributed by atoms with E-state index in [4.69, 9.17) is 14.8 Å². The van der Waals surface area contributed by atoms with Crippen LogP contribution in [0.4, 0.5) is 10.2 Å². The molecule has 1 aliphatic heterocycles. The third-order valence-electron chi connectivity index (χ3n) is 2.45. The Morgan fingerprint density at radius 3 is 2.62 bits per heavy atom. The Morgan fingerprint density at radius 2 is 2.06 bits per heavy atom. The highest BCUT2D eigenvalue weighted by molar-refractivity contribution is 6.58. The number of aromatic nitrogens is 1. The van der Waals surface area contributed by atoms with E-state index in [2.05, 4.69) is 4.98 Å². The maximum absolute atomic E-state index is 13.6. The Morgan fingerprint density at radius 1 is 1.38 bits per heavy atom. The van der Waals surface area contributed by atoms with Crippen LogP contribution in [0.1, 0.15) is 0 Å². The summed E-state index contributed by atoms with van der Waals surface area (Å²) in [5.74, 6) is -0.319. The van der Waals surface area contributed by atoms with E-state index < -0.39 is 12.9 Å². The summed E-state index contributed by atoms with van der Waals surface area (Å²) in [5.41, 5.74) is 0.0505. The number of anilines is 1. The largest absolute Gasteiger partial charge is 0.490 e. The number of rotatable bonds is 2. The molecule has 2 rings (SSSR count). The summed E-state index contributed by atoms with van der Waals surface area (Å²) < 4.78 is 18.8. The van der Waals surface area contributed by atoms with Crippen molar-refractivity contribution in [3.63, 3.8) is 0 Å². The number of halogens is 1. The highest BCUT2D eigenvalue weighted by Gasteiger charge is 2.19. The van der Waals surface area contributed by atoms with Crippen LogP contribution < -0.4 is 10.4 Å². The average Bonchev–Trinajstić information content (AvgIpc) is 2.30. The Labute approximate surface area is 92.6 Å². The molecule has 0 bridgehead atoms. The van der Waals surface area contributed by atoms with Crippen molar-refractivity contribution in [3.8, 4) is 0 Å². The van der Waals surface area contributed by atoms with E-state index in [0.717, 1.165) is 6.07 Å². The van der Waals surface area contributed by atoms with E-state index in [1.807, 2.05) is 0 Å². The molecule has 0 saturated carbocycles. The Kier molecular flexibility index (Phi) is 3.38. The molecule has 1 saturated heterocycles. The fourth-order valence-corrected chi connectivity index (χ4v) is 1.59. The molecule has 2 heterocycles. The minimum Gasteiger partial charge on any atom is -0.423 e. The maximum Gasteiger partial charge on any atom is 0.490 e. The lowest BCUT2D eigenvalue weighted by atomic mass is 9.82. The third-order valence-corrected chi connectivity index (χ3v) is 2.45. The van der Waals surface area contributed by atoms with E-state index in [0.29, 0.717) is 26.3 Å². The smallest absolute Gasteiger partial charge is 0.423 e. The summed E-state index contributed by atoms with van der Waals surface area (Å²) >= 11 is 0. The lowest BCUT2D eigenvalue weighted by Gasteiger charge is -2.28. The van der Waals surface area contributed by atoms with Crippen molar-refractivity contribution in [2.24, 2.45) is 0 Å². The molecule has 7 heteroatoms. The van der Waals surface area contributed by atoms with E-state index in [-0.39, 0.29) is 11.3 Å². The number of hydrogen-bond donors (Lipinski definition) is 2. The molecule has 0 aromatic carbocycles. The second-order valence-corrected chi connectivity index (χ2v) is 3.55. The van der Waals surface area contributed by atoms with Gasteiger partial charge in [0, 0.05) is 24.7 Å². The van der Waals surface area contributed by atoms with Crippen molar-refractivity contribution in [1.82, 2.24) is 4.98 Å². The lowest BCUT2D eigenvalue weighted by molar-refractivity contribution is 0.122. The first-order valence-corrected chi connectivity index (χ1v) is 5.03. The van der Waals surface area contributed by atoms with Gasteiger partial charge in [0.1, 0.15) is 0 Å². The van der Waals surface area contributed by atoms with Gasteiger partial charge in [0.05, 0.1) is 13.2 Å². The number of ether oxygens (including phenoxy) is 1. The molecule has 1 aromatic rings. The summed E-state index contributed by atoms with van der Waals surface area (Å²) in [6.45, 7) is 2.27. The molecular formula is C9H12BFN2O3. The molecule has 5 nitrogen and oxygen atoms in total. The van der Waals surface area contributed by atoms with Gasteiger partial charge in [-0.15, -0.1) is 0 Å². The number of pyridine rings is 1. The second kappa shape index (κ2) is 4.77. The van der Waals surface area contributed by atoms with Crippen LogP contribution in [0.2, 0.25) is 0 Å². The summed E-state index contributed by atoms with van der Waals surface area (Å²) in [7, 11) is -1.69. The van der Waals surface area contributed by atoms with Crippen molar-refractivity contribution in [2.45, 2.75) is 0 Å². The van der Waals surface area contributed by atoms with Crippen molar-refractivity contribution in [2.75, 3.05) is 31.2 Å². The van der Waals surface area contributed by atoms with Crippen molar-refractivity contribution < 1.29 is 19.2 Å². The van der Waals surface area contributed by atoms with E-state index in [1.54, 1.807) is 4.90 Å². The normalized spacial score (nSPS) is 16.3. The van der Waals surface area contributed by atoms with Crippen LogP contribution in [-0.2, 0) is 4.74 Å². The molecule has 86 valence electrons. The molecular weight excluding hydrogens is 214 g/mol. The van der Waals surface area contributed by atoms with Crippen LogP contribution in [0.5, 0.6) is 0 Å². The van der Waals surface area contributed by atoms with Crippen LogP contribution in [0, 0.1) is 5.82 Å². The quantitative estimate of drug-likeness (QED) is 0.616. The van der Waals surface area contributed by atoms with Gasteiger partial charge in [-0.05, 0) is 6.07 Å². The predicted molar refractivity (Wildman–Crippen MR) is 57.1 cm³/mol. The molecule has 0 unspecified atom stereocenters. The zero-order valence-electron chi connectivity index (χ0n) is 8.64. The second-order valence-electron chi connectivity index (χ2n) is 3.55. The van der Waals surface area contributed by atoms with Crippen LogP contribution in [0.25, 0.3) is 0 Å². The lowest BCUT2D eigenvalue weighted by Crippen LogP contribution is -2.38. The minimum absolute atomic E-state index is 0.0505. The van der Waals surface area contributed by atoms with Gasteiger partial charge < -0.3 is 19.7 Å². The van der Waals surface area contributed by atoms with Gasteiger partial charge in [0.2, 0.25) is 0 Å². The highest BCUT2D eigenvalue weighted by atomic mass is 19.1. The number of nitrogens with zero attached hydrogens (tertiary/aromatic N) is 2. The maximum atomic E-state index is 13.6.